The summed E-state index contributed by atoms with van der Waals surface area (Å²) in [4.78, 5) is 28.0. The summed E-state index contributed by atoms with van der Waals surface area (Å²) in [5.74, 6) is 0. The Morgan fingerprint density at radius 3 is 2.60 bits per heavy atom. The van der Waals surface area contributed by atoms with Gasteiger partial charge in [0.05, 0.1) is 5.69 Å². The maximum Gasteiger partial charge on any atom is 0.321 e. The van der Waals surface area contributed by atoms with E-state index < -0.39 is 0 Å². The normalized spacial score (nSPS) is 15.2. The minimum absolute atomic E-state index is 0.0863. The van der Waals surface area contributed by atoms with Crippen LogP contribution in [0.5, 0.6) is 0 Å². The second kappa shape index (κ2) is 6.87. The van der Waals surface area contributed by atoms with Gasteiger partial charge in [0.1, 0.15) is 0 Å². The van der Waals surface area contributed by atoms with E-state index in [0.29, 0.717) is 11.4 Å². The fourth-order valence-electron chi connectivity index (χ4n) is 2.33. The molecule has 0 saturated carbocycles. The Balaban J connectivity index is 2.06. The third-order valence-electron chi connectivity index (χ3n) is 3.52. The van der Waals surface area contributed by atoms with Gasteiger partial charge in [0.15, 0.2) is 0 Å². The molecule has 0 aromatic heterocycles. The van der Waals surface area contributed by atoms with Crippen molar-refractivity contribution in [1.29, 1.82) is 0 Å². The van der Waals surface area contributed by atoms with Crippen molar-refractivity contribution in [2.45, 2.75) is 32.6 Å². The average Bonchev–Trinajstić information content (AvgIpc) is 2.72. The first kappa shape index (κ1) is 14.3. The summed E-state index contributed by atoms with van der Waals surface area (Å²) in [6.07, 6.45) is 6.02. The van der Waals surface area contributed by atoms with Gasteiger partial charge in [-0.15, -0.1) is 0 Å². The molecule has 0 spiro atoms. The van der Waals surface area contributed by atoms with Gasteiger partial charge in [-0.05, 0) is 37.5 Å². The molecule has 1 aliphatic heterocycles. The first-order valence-electron chi connectivity index (χ1n) is 6.95. The molecule has 0 radical (unpaired) electrons. The molecule has 1 saturated heterocycles. The molecule has 2 amide bonds. The first-order chi connectivity index (χ1) is 9.70. The molecule has 0 atom stereocenters. The van der Waals surface area contributed by atoms with Gasteiger partial charge in [-0.1, -0.05) is 18.9 Å². The highest BCUT2D eigenvalue weighted by Gasteiger charge is 2.15. The van der Waals surface area contributed by atoms with Gasteiger partial charge < -0.3 is 10.2 Å². The number of anilines is 1. The van der Waals surface area contributed by atoms with Crippen molar-refractivity contribution < 1.29 is 9.59 Å². The number of hydrogen-bond donors (Lipinski definition) is 1. The third kappa shape index (κ3) is 3.68. The Kier molecular flexibility index (Phi) is 4.91. The molecule has 106 valence electrons. The van der Waals surface area contributed by atoms with Crippen LogP contribution in [0, 0.1) is 6.92 Å². The Morgan fingerprint density at radius 2 is 1.95 bits per heavy atom. The molecule has 20 heavy (non-hydrogen) atoms. The predicted octanol–water partition coefficient (Wildman–Crippen LogP) is 3.37. The van der Waals surface area contributed by atoms with Crippen LogP contribution in [0.15, 0.2) is 23.2 Å². The monoisotopic (exact) mass is 273 g/mol. The number of carbonyl (C=O) groups excluding carboxylic acids is 2. The van der Waals surface area contributed by atoms with Crippen molar-refractivity contribution >= 4 is 23.5 Å². The highest BCUT2D eigenvalue weighted by atomic mass is 16.2. The molecule has 1 aromatic rings. The highest BCUT2D eigenvalue weighted by molar-refractivity contribution is 5.90. The molecule has 5 nitrogen and oxygen atoms in total. The van der Waals surface area contributed by atoms with Crippen LogP contribution in [-0.4, -0.2) is 30.1 Å². The number of likely N-dealkylation sites (tertiary alicyclic amines) is 1. The van der Waals surface area contributed by atoms with E-state index in [0.717, 1.165) is 31.5 Å². The van der Waals surface area contributed by atoms with E-state index in [1.54, 1.807) is 6.07 Å². The SMILES string of the molecule is Cc1ccc(NC(=O)N2CCCCCC2)cc1N=C=O. The van der Waals surface area contributed by atoms with Crippen molar-refractivity contribution in [2.24, 2.45) is 4.99 Å². The maximum atomic E-state index is 12.2. The van der Waals surface area contributed by atoms with Gasteiger partial charge in [0.25, 0.3) is 0 Å². The Morgan fingerprint density at radius 1 is 1.25 bits per heavy atom. The number of aryl methyl sites for hydroxylation is 1. The minimum atomic E-state index is -0.0863. The van der Waals surface area contributed by atoms with E-state index >= 15 is 0 Å². The summed E-state index contributed by atoms with van der Waals surface area (Å²) >= 11 is 0. The van der Waals surface area contributed by atoms with Crippen molar-refractivity contribution in [3.63, 3.8) is 0 Å². The number of aliphatic imine (C=N–C) groups is 1. The summed E-state index contributed by atoms with van der Waals surface area (Å²) in [7, 11) is 0. The van der Waals surface area contributed by atoms with Crippen molar-refractivity contribution in [1.82, 2.24) is 4.90 Å². The van der Waals surface area contributed by atoms with Crippen LogP contribution in [0.3, 0.4) is 0 Å². The summed E-state index contributed by atoms with van der Waals surface area (Å²) in [5, 5.41) is 2.86. The maximum absolute atomic E-state index is 12.2. The Hall–Kier alpha value is -2.13. The number of hydrogen-bond acceptors (Lipinski definition) is 3. The number of carbonyl (C=O) groups is 1. The zero-order valence-corrected chi connectivity index (χ0v) is 11.7. The van der Waals surface area contributed by atoms with Gasteiger partial charge in [0.2, 0.25) is 6.08 Å². The van der Waals surface area contributed by atoms with Crippen LogP contribution in [-0.2, 0) is 4.79 Å². The molecule has 1 N–H and O–H groups in total. The lowest BCUT2D eigenvalue weighted by atomic mass is 10.2. The van der Waals surface area contributed by atoms with Crippen LogP contribution in [0.1, 0.15) is 31.2 Å². The van der Waals surface area contributed by atoms with Crippen molar-refractivity contribution in [3.8, 4) is 0 Å². The standard InChI is InChI=1S/C15H19N3O2/c1-12-6-7-13(10-14(12)16-11-19)17-15(20)18-8-4-2-3-5-9-18/h6-7,10H,2-5,8-9H2,1H3,(H,17,20). The summed E-state index contributed by atoms with van der Waals surface area (Å²) < 4.78 is 0. The van der Waals surface area contributed by atoms with Crippen LogP contribution < -0.4 is 5.32 Å². The number of urea groups is 1. The summed E-state index contributed by atoms with van der Waals surface area (Å²) in [6, 6.07) is 5.25. The lowest BCUT2D eigenvalue weighted by Gasteiger charge is -2.20. The number of amides is 2. The van der Waals surface area contributed by atoms with Crippen LogP contribution in [0.4, 0.5) is 16.2 Å². The molecule has 5 heteroatoms. The second-order valence-electron chi connectivity index (χ2n) is 5.04. The van der Waals surface area contributed by atoms with E-state index in [1.165, 1.54) is 18.9 Å². The molecule has 1 aromatic carbocycles. The van der Waals surface area contributed by atoms with E-state index in [1.807, 2.05) is 24.0 Å². The topological polar surface area (TPSA) is 61.8 Å². The molecule has 1 aliphatic rings. The lowest BCUT2D eigenvalue weighted by Crippen LogP contribution is -2.35. The van der Waals surface area contributed by atoms with Gasteiger partial charge in [-0.2, -0.15) is 4.99 Å². The third-order valence-corrected chi connectivity index (χ3v) is 3.52. The number of benzene rings is 1. The smallest absolute Gasteiger partial charge is 0.321 e. The Labute approximate surface area is 118 Å². The average molecular weight is 273 g/mol. The largest absolute Gasteiger partial charge is 0.325 e. The molecular weight excluding hydrogens is 254 g/mol. The number of nitrogens with one attached hydrogen (secondary N) is 1. The van der Waals surface area contributed by atoms with Crippen molar-refractivity contribution in [3.05, 3.63) is 23.8 Å². The fourth-order valence-corrected chi connectivity index (χ4v) is 2.33. The van der Waals surface area contributed by atoms with Gasteiger partial charge in [-0.3, -0.25) is 0 Å². The van der Waals surface area contributed by atoms with Gasteiger partial charge in [-0.25, -0.2) is 9.59 Å². The molecular formula is C15H19N3O2. The number of rotatable bonds is 2. The van der Waals surface area contributed by atoms with Crippen LogP contribution >= 0.6 is 0 Å². The predicted molar refractivity (Wildman–Crippen MR) is 78.0 cm³/mol. The molecule has 0 unspecified atom stereocenters. The number of isocyanates is 1. The van der Waals surface area contributed by atoms with Gasteiger partial charge >= 0.3 is 6.03 Å². The fraction of sp³-hybridized carbons (Fsp3) is 0.467. The highest BCUT2D eigenvalue weighted by Crippen LogP contribution is 2.23. The van der Waals surface area contributed by atoms with Crippen LogP contribution in [0.2, 0.25) is 0 Å². The molecule has 0 bridgehead atoms. The van der Waals surface area contributed by atoms with E-state index in [4.69, 9.17) is 0 Å². The molecule has 0 aliphatic carbocycles. The zero-order chi connectivity index (χ0) is 14.4. The van der Waals surface area contributed by atoms with E-state index in [-0.39, 0.29) is 6.03 Å². The molecule has 1 heterocycles. The minimum Gasteiger partial charge on any atom is -0.325 e. The van der Waals surface area contributed by atoms with Gasteiger partial charge in [0, 0.05) is 18.8 Å². The quantitative estimate of drug-likeness (QED) is 0.663. The van der Waals surface area contributed by atoms with E-state index in [2.05, 4.69) is 10.3 Å². The molecule has 1 fully saturated rings. The Bertz CT molecular complexity index is 528. The first-order valence-corrected chi connectivity index (χ1v) is 6.95. The molecule has 2 rings (SSSR count). The van der Waals surface area contributed by atoms with E-state index in [9.17, 15) is 9.59 Å². The summed E-state index contributed by atoms with van der Waals surface area (Å²) in [6.45, 7) is 3.46. The second-order valence-corrected chi connectivity index (χ2v) is 5.04. The van der Waals surface area contributed by atoms with Crippen molar-refractivity contribution in [2.75, 3.05) is 18.4 Å². The van der Waals surface area contributed by atoms with Crippen LogP contribution in [0.25, 0.3) is 0 Å². The summed E-state index contributed by atoms with van der Waals surface area (Å²) in [5.41, 5.74) is 2.06. The lowest BCUT2D eigenvalue weighted by molar-refractivity contribution is 0.214. The zero-order valence-electron chi connectivity index (χ0n) is 11.7. The number of nitrogens with zero attached hydrogens (tertiary/aromatic N) is 2.